The number of phenols is 1. The number of pyridine rings is 1. The Morgan fingerprint density at radius 2 is 1.81 bits per heavy atom. The van der Waals surface area contributed by atoms with Crippen LogP contribution in [0.4, 0.5) is 5.69 Å². The molecule has 0 aliphatic carbocycles. The molecule has 6 nitrogen and oxygen atoms in total. The van der Waals surface area contributed by atoms with E-state index < -0.39 is 0 Å². The van der Waals surface area contributed by atoms with Gasteiger partial charge in [-0.3, -0.25) is 4.79 Å². The number of amides is 1. The van der Waals surface area contributed by atoms with E-state index in [-0.39, 0.29) is 17.2 Å². The number of rotatable bonds is 3. The number of phenolic OH excluding ortho intramolecular Hbond substituents is 1. The summed E-state index contributed by atoms with van der Waals surface area (Å²) in [5.41, 5.74) is 2.94. The smallest absolute Gasteiger partial charge is 0.258 e. The average Bonchev–Trinajstić information content (AvgIpc) is 3.02. The lowest BCUT2D eigenvalue weighted by molar-refractivity contribution is 0.102. The van der Waals surface area contributed by atoms with Crippen molar-refractivity contribution >= 4 is 34.2 Å². The monoisotopic (exact) mass is 378 g/mol. The number of carbonyl (C=O) groups is 1. The lowest BCUT2D eigenvalue weighted by Gasteiger charge is -2.08. The second-order valence-electron chi connectivity index (χ2n) is 6.02. The van der Waals surface area contributed by atoms with Crippen molar-refractivity contribution < 1.29 is 9.90 Å². The molecule has 2 heterocycles. The number of nitrogens with zero attached hydrogens (tertiary/aromatic N) is 3. The highest BCUT2D eigenvalue weighted by Crippen LogP contribution is 2.30. The van der Waals surface area contributed by atoms with Crippen LogP contribution < -0.4 is 5.32 Å². The highest BCUT2D eigenvalue weighted by molar-refractivity contribution is 6.39. The molecule has 7 heteroatoms. The second kappa shape index (κ2) is 6.74. The Labute approximate surface area is 160 Å². The summed E-state index contributed by atoms with van der Waals surface area (Å²) in [5, 5.41) is 17.6. The fourth-order valence-corrected chi connectivity index (χ4v) is 3.21. The standard InChI is InChI=1S/C20H15ClN4O2/c1-12-17-18(21)16(20(27)23-13-7-9-15(26)10-8-13)11-22-19(17)25(24-12)14-5-3-2-4-6-14/h2-11,26H,1H3,(H,23,27). The van der Waals surface area contributed by atoms with Crippen LogP contribution in [-0.2, 0) is 0 Å². The van der Waals surface area contributed by atoms with Crippen molar-refractivity contribution in [1.82, 2.24) is 14.8 Å². The summed E-state index contributed by atoms with van der Waals surface area (Å²) in [6.45, 7) is 1.83. The molecule has 2 aromatic heterocycles. The predicted octanol–water partition coefficient (Wildman–Crippen LogP) is 4.34. The van der Waals surface area contributed by atoms with Gasteiger partial charge >= 0.3 is 0 Å². The Kier molecular flexibility index (Phi) is 4.25. The number of fused-ring (bicyclic) bond motifs is 1. The number of halogens is 1. The molecule has 0 bridgehead atoms. The molecule has 1 amide bonds. The van der Waals surface area contributed by atoms with Crippen LogP contribution in [0.25, 0.3) is 16.7 Å². The number of hydrogen-bond donors (Lipinski definition) is 2. The molecule has 134 valence electrons. The van der Waals surface area contributed by atoms with Gasteiger partial charge in [-0.05, 0) is 43.3 Å². The molecule has 4 rings (SSSR count). The molecule has 0 spiro atoms. The van der Waals surface area contributed by atoms with Gasteiger partial charge in [0.25, 0.3) is 5.91 Å². The number of anilines is 1. The van der Waals surface area contributed by atoms with Gasteiger partial charge in [-0.2, -0.15) is 5.10 Å². The molecule has 0 atom stereocenters. The first-order chi connectivity index (χ1) is 13.0. The summed E-state index contributed by atoms with van der Waals surface area (Å²) in [4.78, 5) is 17.1. The Bertz CT molecular complexity index is 1140. The maximum Gasteiger partial charge on any atom is 0.258 e. The normalized spacial score (nSPS) is 10.9. The number of nitrogens with one attached hydrogen (secondary N) is 1. The minimum atomic E-state index is -0.382. The van der Waals surface area contributed by atoms with Gasteiger partial charge in [-0.25, -0.2) is 9.67 Å². The van der Waals surface area contributed by atoms with Gasteiger partial charge < -0.3 is 10.4 Å². The minimum absolute atomic E-state index is 0.123. The lowest BCUT2D eigenvalue weighted by atomic mass is 10.2. The van der Waals surface area contributed by atoms with Crippen molar-refractivity contribution in [2.75, 3.05) is 5.32 Å². The number of aromatic hydroxyl groups is 1. The van der Waals surface area contributed by atoms with Gasteiger partial charge in [-0.1, -0.05) is 29.8 Å². The molecule has 2 N–H and O–H groups in total. The largest absolute Gasteiger partial charge is 0.508 e. The molecule has 0 saturated carbocycles. The summed E-state index contributed by atoms with van der Waals surface area (Å²) in [6, 6.07) is 15.8. The SMILES string of the molecule is Cc1nn(-c2ccccc2)c2ncc(C(=O)Nc3ccc(O)cc3)c(Cl)c12. The van der Waals surface area contributed by atoms with Crippen LogP contribution in [0, 0.1) is 6.92 Å². The summed E-state index contributed by atoms with van der Waals surface area (Å²) in [6.07, 6.45) is 1.45. The van der Waals surface area contributed by atoms with Crippen LogP contribution in [0.3, 0.4) is 0 Å². The molecule has 4 aromatic rings. The zero-order chi connectivity index (χ0) is 19.0. The van der Waals surface area contributed by atoms with E-state index in [2.05, 4.69) is 15.4 Å². The molecule has 27 heavy (non-hydrogen) atoms. The van der Waals surface area contributed by atoms with E-state index >= 15 is 0 Å². The summed E-state index contributed by atoms with van der Waals surface area (Å²) < 4.78 is 1.71. The Hall–Kier alpha value is -3.38. The van der Waals surface area contributed by atoms with Gasteiger partial charge in [0.15, 0.2) is 5.65 Å². The summed E-state index contributed by atoms with van der Waals surface area (Å²) in [5.74, 6) is -0.259. The Balaban J connectivity index is 1.75. The van der Waals surface area contributed by atoms with Crippen molar-refractivity contribution in [2.24, 2.45) is 0 Å². The van der Waals surface area contributed by atoms with Crippen LogP contribution in [0.2, 0.25) is 5.02 Å². The third kappa shape index (κ3) is 3.11. The first kappa shape index (κ1) is 17.1. The molecule has 2 aromatic carbocycles. The van der Waals surface area contributed by atoms with Gasteiger partial charge in [0.05, 0.1) is 27.4 Å². The molecular formula is C20H15ClN4O2. The molecule has 0 aliphatic heterocycles. The number of para-hydroxylation sites is 1. The van der Waals surface area contributed by atoms with Crippen molar-refractivity contribution in [3.05, 3.63) is 77.1 Å². The van der Waals surface area contributed by atoms with Crippen molar-refractivity contribution in [3.63, 3.8) is 0 Å². The van der Waals surface area contributed by atoms with Gasteiger partial charge in [0.2, 0.25) is 0 Å². The van der Waals surface area contributed by atoms with Crippen LogP contribution in [0.1, 0.15) is 16.1 Å². The first-order valence-corrected chi connectivity index (χ1v) is 8.62. The zero-order valence-corrected chi connectivity index (χ0v) is 15.1. The zero-order valence-electron chi connectivity index (χ0n) is 14.3. The molecule has 0 aliphatic rings. The van der Waals surface area contributed by atoms with Crippen LogP contribution in [0.5, 0.6) is 5.75 Å². The molecule has 0 saturated heterocycles. The number of hydrogen-bond acceptors (Lipinski definition) is 4. The van der Waals surface area contributed by atoms with Crippen molar-refractivity contribution in [2.45, 2.75) is 6.92 Å². The average molecular weight is 379 g/mol. The van der Waals surface area contributed by atoms with Crippen LogP contribution >= 0.6 is 11.6 Å². The Morgan fingerprint density at radius 1 is 1.11 bits per heavy atom. The topological polar surface area (TPSA) is 80.0 Å². The number of benzene rings is 2. The van der Waals surface area contributed by atoms with Crippen LogP contribution in [0.15, 0.2) is 60.8 Å². The van der Waals surface area contributed by atoms with Crippen molar-refractivity contribution in [3.8, 4) is 11.4 Å². The summed E-state index contributed by atoms with van der Waals surface area (Å²) >= 11 is 6.54. The molecular weight excluding hydrogens is 364 g/mol. The molecule has 0 fully saturated rings. The van der Waals surface area contributed by atoms with E-state index in [4.69, 9.17) is 11.6 Å². The van der Waals surface area contributed by atoms with Gasteiger partial charge in [0.1, 0.15) is 5.75 Å². The van der Waals surface area contributed by atoms with Gasteiger partial charge in [-0.15, -0.1) is 0 Å². The fourth-order valence-electron chi connectivity index (χ4n) is 2.86. The van der Waals surface area contributed by atoms with E-state index in [9.17, 15) is 9.90 Å². The number of aromatic nitrogens is 3. The van der Waals surface area contributed by atoms with E-state index in [0.717, 1.165) is 5.69 Å². The number of aryl methyl sites for hydroxylation is 1. The van der Waals surface area contributed by atoms with E-state index in [0.29, 0.717) is 27.4 Å². The minimum Gasteiger partial charge on any atom is -0.508 e. The maximum absolute atomic E-state index is 12.6. The van der Waals surface area contributed by atoms with Gasteiger partial charge in [0, 0.05) is 11.9 Å². The quantitative estimate of drug-likeness (QED) is 0.520. The number of carbonyl (C=O) groups excluding carboxylic acids is 1. The van der Waals surface area contributed by atoms with Crippen LogP contribution in [-0.4, -0.2) is 25.8 Å². The third-order valence-corrected chi connectivity index (χ3v) is 4.57. The predicted molar refractivity (Wildman–Crippen MR) is 105 cm³/mol. The van der Waals surface area contributed by atoms with E-state index in [1.807, 2.05) is 37.3 Å². The Morgan fingerprint density at radius 3 is 2.52 bits per heavy atom. The third-order valence-electron chi connectivity index (χ3n) is 4.18. The van der Waals surface area contributed by atoms with Crippen molar-refractivity contribution in [1.29, 1.82) is 0 Å². The van der Waals surface area contributed by atoms with E-state index in [1.165, 1.54) is 18.3 Å². The second-order valence-corrected chi connectivity index (χ2v) is 6.40. The first-order valence-electron chi connectivity index (χ1n) is 8.24. The highest BCUT2D eigenvalue weighted by atomic mass is 35.5. The highest BCUT2D eigenvalue weighted by Gasteiger charge is 2.20. The maximum atomic E-state index is 12.6. The van der Waals surface area contributed by atoms with E-state index in [1.54, 1.807) is 16.8 Å². The summed E-state index contributed by atoms with van der Waals surface area (Å²) in [7, 11) is 0. The fraction of sp³-hybridized carbons (Fsp3) is 0.0500. The molecule has 0 radical (unpaired) electrons. The molecule has 0 unspecified atom stereocenters. The lowest BCUT2D eigenvalue weighted by Crippen LogP contribution is -2.13.